The number of pyridine rings is 1. The number of H-pyrrole nitrogens is 1. The topological polar surface area (TPSA) is 110 Å². The first kappa shape index (κ1) is 16.0. The van der Waals surface area contributed by atoms with Crippen LogP contribution in [0, 0.1) is 10.1 Å². The smallest absolute Gasteiger partial charge is 0.365 e. The van der Waals surface area contributed by atoms with Gasteiger partial charge in [0.2, 0.25) is 5.82 Å². The molecule has 0 aliphatic heterocycles. The van der Waals surface area contributed by atoms with Crippen molar-refractivity contribution in [2.45, 2.75) is 0 Å². The first-order valence-electron chi connectivity index (χ1n) is 8.52. The van der Waals surface area contributed by atoms with E-state index in [-0.39, 0.29) is 5.82 Å². The summed E-state index contributed by atoms with van der Waals surface area (Å²) in [5.74, 6) is 0.866. The van der Waals surface area contributed by atoms with E-state index < -0.39 is 4.92 Å². The molecule has 28 heavy (non-hydrogen) atoms. The molecule has 3 aromatic heterocycles. The molecule has 8 heteroatoms. The van der Waals surface area contributed by atoms with Crippen molar-refractivity contribution in [3.8, 4) is 11.3 Å². The van der Waals surface area contributed by atoms with Gasteiger partial charge in [0.25, 0.3) is 0 Å². The van der Waals surface area contributed by atoms with Crippen molar-refractivity contribution in [1.82, 2.24) is 15.2 Å². The third-order valence-electron chi connectivity index (χ3n) is 4.43. The maximum Gasteiger partial charge on any atom is 0.365 e. The Kier molecular flexibility index (Phi) is 3.55. The molecule has 0 fully saturated rings. The standard InChI is InChI=1S/C20H13N5O3/c26-25(27)19-7-3-6-18(23-19)22-14-8-13-11-21-24-20(13)15(10-14)17-9-12-4-1-2-5-16(12)28-17/h1-11H,(H,21,24)(H,22,23). The number of hydrogen-bond acceptors (Lipinski definition) is 6. The van der Waals surface area contributed by atoms with Crippen LogP contribution in [-0.2, 0) is 0 Å². The van der Waals surface area contributed by atoms with Gasteiger partial charge in [-0.2, -0.15) is 5.10 Å². The Bertz CT molecular complexity index is 1310. The molecule has 0 atom stereocenters. The van der Waals surface area contributed by atoms with Crippen molar-refractivity contribution < 1.29 is 9.34 Å². The number of rotatable bonds is 4. The molecule has 5 aromatic rings. The average molecular weight is 371 g/mol. The maximum atomic E-state index is 11.0. The lowest BCUT2D eigenvalue weighted by Crippen LogP contribution is -1.97. The fraction of sp³-hybridized carbons (Fsp3) is 0. The molecular formula is C20H13N5O3. The van der Waals surface area contributed by atoms with Gasteiger partial charge in [0.15, 0.2) is 0 Å². The van der Waals surface area contributed by atoms with Crippen molar-refractivity contribution in [2.75, 3.05) is 5.32 Å². The molecule has 0 aliphatic carbocycles. The van der Waals surface area contributed by atoms with Crippen molar-refractivity contribution >= 4 is 39.2 Å². The second-order valence-corrected chi connectivity index (χ2v) is 6.27. The Labute approximate surface area is 158 Å². The van der Waals surface area contributed by atoms with E-state index in [1.807, 2.05) is 42.5 Å². The zero-order valence-electron chi connectivity index (χ0n) is 14.4. The van der Waals surface area contributed by atoms with Crippen molar-refractivity contribution in [3.05, 3.63) is 77.0 Å². The van der Waals surface area contributed by atoms with Gasteiger partial charge in [0.05, 0.1) is 11.7 Å². The monoisotopic (exact) mass is 371 g/mol. The molecule has 2 N–H and O–H groups in total. The number of para-hydroxylation sites is 1. The number of fused-ring (bicyclic) bond motifs is 2. The van der Waals surface area contributed by atoms with Crippen LogP contribution in [0.25, 0.3) is 33.2 Å². The number of hydrogen-bond donors (Lipinski definition) is 2. The molecule has 136 valence electrons. The van der Waals surface area contributed by atoms with Gasteiger partial charge in [0, 0.05) is 34.2 Å². The first-order chi connectivity index (χ1) is 13.7. The van der Waals surface area contributed by atoms with Crippen LogP contribution in [0.4, 0.5) is 17.3 Å². The molecule has 0 bridgehead atoms. The van der Waals surface area contributed by atoms with Gasteiger partial charge < -0.3 is 19.8 Å². The van der Waals surface area contributed by atoms with Crippen LogP contribution < -0.4 is 5.32 Å². The lowest BCUT2D eigenvalue weighted by molar-refractivity contribution is -0.389. The Hall–Kier alpha value is -4.20. The molecule has 0 saturated heterocycles. The third-order valence-corrected chi connectivity index (χ3v) is 4.43. The largest absolute Gasteiger partial charge is 0.456 e. The summed E-state index contributed by atoms with van der Waals surface area (Å²) in [6.07, 6.45) is 1.72. The lowest BCUT2D eigenvalue weighted by atomic mass is 10.1. The number of aromatic nitrogens is 3. The number of aromatic amines is 1. The van der Waals surface area contributed by atoms with E-state index in [1.165, 1.54) is 6.07 Å². The van der Waals surface area contributed by atoms with Crippen molar-refractivity contribution in [2.24, 2.45) is 0 Å². The molecule has 0 radical (unpaired) electrons. The van der Waals surface area contributed by atoms with E-state index in [9.17, 15) is 10.1 Å². The van der Waals surface area contributed by atoms with Gasteiger partial charge >= 0.3 is 5.82 Å². The number of benzene rings is 2. The summed E-state index contributed by atoms with van der Waals surface area (Å²) in [7, 11) is 0. The number of anilines is 2. The van der Waals surface area contributed by atoms with Crippen molar-refractivity contribution in [1.29, 1.82) is 0 Å². The zero-order chi connectivity index (χ0) is 19.1. The van der Waals surface area contributed by atoms with Crippen LogP contribution in [0.5, 0.6) is 0 Å². The molecule has 0 amide bonds. The highest BCUT2D eigenvalue weighted by molar-refractivity contribution is 5.97. The molecule has 0 unspecified atom stereocenters. The summed E-state index contributed by atoms with van der Waals surface area (Å²) in [6.45, 7) is 0. The highest BCUT2D eigenvalue weighted by Gasteiger charge is 2.15. The Morgan fingerprint density at radius 1 is 1.04 bits per heavy atom. The van der Waals surface area contributed by atoms with E-state index >= 15 is 0 Å². The van der Waals surface area contributed by atoms with Crippen LogP contribution in [0.2, 0.25) is 0 Å². The summed E-state index contributed by atoms with van der Waals surface area (Å²) >= 11 is 0. The molecular weight excluding hydrogens is 358 g/mol. The van der Waals surface area contributed by atoms with Crippen LogP contribution >= 0.6 is 0 Å². The quantitative estimate of drug-likeness (QED) is 0.339. The summed E-state index contributed by atoms with van der Waals surface area (Å²) in [5.41, 5.74) is 3.19. The van der Waals surface area contributed by atoms with Crippen LogP contribution in [0.1, 0.15) is 0 Å². The SMILES string of the molecule is O=[N+]([O-])c1cccc(Nc2cc(-c3cc4ccccc4o3)c3[nH]ncc3c2)n1. The van der Waals surface area contributed by atoms with Gasteiger partial charge in [-0.1, -0.05) is 18.2 Å². The fourth-order valence-corrected chi connectivity index (χ4v) is 3.18. The molecule has 0 saturated carbocycles. The predicted octanol–water partition coefficient (Wildman–Crippen LogP) is 5.02. The van der Waals surface area contributed by atoms with Gasteiger partial charge in [-0.3, -0.25) is 5.10 Å². The van der Waals surface area contributed by atoms with Gasteiger partial charge in [-0.25, -0.2) is 0 Å². The van der Waals surface area contributed by atoms with Crippen molar-refractivity contribution in [3.63, 3.8) is 0 Å². The highest BCUT2D eigenvalue weighted by atomic mass is 16.6. The molecule has 5 rings (SSSR count). The fourth-order valence-electron chi connectivity index (χ4n) is 3.18. The maximum absolute atomic E-state index is 11.0. The second-order valence-electron chi connectivity index (χ2n) is 6.27. The molecule has 3 heterocycles. The number of furan rings is 1. The molecule has 0 aliphatic rings. The summed E-state index contributed by atoms with van der Waals surface area (Å²) in [5, 5.41) is 23.1. The van der Waals surface area contributed by atoms with Crippen LogP contribution in [0.15, 0.2) is 71.3 Å². The van der Waals surface area contributed by atoms with Gasteiger partial charge in [-0.15, -0.1) is 0 Å². The Morgan fingerprint density at radius 3 is 2.79 bits per heavy atom. The predicted molar refractivity (Wildman–Crippen MR) is 105 cm³/mol. The van der Waals surface area contributed by atoms with Crippen LogP contribution in [-0.4, -0.2) is 20.1 Å². The molecule has 2 aromatic carbocycles. The summed E-state index contributed by atoms with van der Waals surface area (Å²) in [6, 6.07) is 18.2. The Morgan fingerprint density at radius 2 is 1.93 bits per heavy atom. The van der Waals surface area contributed by atoms with Crippen LogP contribution in [0.3, 0.4) is 0 Å². The second kappa shape index (κ2) is 6.20. The number of nitro groups is 1. The minimum Gasteiger partial charge on any atom is -0.456 e. The number of nitrogens with zero attached hydrogens (tertiary/aromatic N) is 3. The van der Waals surface area contributed by atoms with E-state index in [4.69, 9.17) is 4.42 Å². The van der Waals surface area contributed by atoms with Gasteiger partial charge in [-0.05, 0) is 40.2 Å². The zero-order valence-corrected chi connectivity index (χ0v) is 14.4. The minimum atomic E-state index is -0.524. The Balaban J connectivity index is 1.61. The minimum absolute atomic E-state index is 0.216. The molecule has 8 nitrogen and oxygen atoms in total. The summed E-state index contributed by atoms with van der Waals surface area (Å²) < 4.78 is 6.01. The number of nitrogens with one attached hydrogen (secondary N) is 2. The van der Waals surface area contributed by atoms with E-state index in [0.717, 1.165) is 33.1 Å². The average Bonchev–Trinajstić information content (AvgIpc) is 3.34. The summed E-state index contributed by atoms with van der Waals surface area (Å²) in [4.78, 5) is 14.5. The first-order valence-corrected chi connectivity index (χ1v) is 8.52. The van der Waals surface area contributed by atoms with Gasteiger partial charge in [0.1, 0.15) is 11.3 Å². The normalized spacial score (nSPS) is 11.1. The lowest BCUT2D eigenvalue weighted by Gasteiger charge is -2.06. The molecule has 0 spiro atoms. The van der Waals surface area contributed by atoms with E-state index in [2.05, 4.69) is 20.5 Å². The van der Waals surface area contributed by atoms with E-state index in [0.29, 0.717) is 11.6 Å². The third kappa shape index (κ3) is 2.73. The highest BCUT2D eigenvalue weighted by Crippen LogP contribution is 2.35. The van der Waals surface area contributed by atoms with E-state index in [1.54, 1.807) is 18.3 Å².